The SMILES string of the molecule is CCOc1ccccc1CNC(=O)c1cc(C(F)(F)F)nn1C1CCCN(CCNC)CC1. The molecular weight excluding hydrogens is 435 g/mol. The number of amides is 1. The predicted molar refractivity (Wildman–Crippen MR) is 119 cm³/mol. The van der Waals surface area contributed by atoms with Crippen LogP contribution in [-0.4, -0.2) is 60.4 Å². The maximum absolute atomic E-state index is 13.4. The first-order chi connectivity index (χ1) is 15.8. The number of nitrogens with one attached hydrogen (secondary N) is 2. The third kappa shape index (κ3) is 6.70. The molecule has 1 fully saturated rings. The molecule has 1 aliphatic rings. The smallest absolute Gasteiger partial charge is 0.435 e. The van der Waals surface area contributed by atoms with E-state index in [4.69, 9.17) is 4.74 Å². The van der Waals surface area contributed by atoms with Gasteiger partial charge >= 0.3 is 6.18 Å². The van der Waals surface area contributed by atoms with E-state index in [0.717, 1.165) is 44.2 Å². The highest BCUT2D eigenvalue weighted by atomic mass is 19.4. The lowest BCUT2D eigenvalue weighted by Gasteiger charge is -2.20. The number of hydrogen-bond acceptors (Lipinski definition) is 5. The number of hydrogen-bond donors (Lipinski definition) is 2. The number of halogens is 3. The first-order valence-corrected chi connectivity index (χ1v) is 11.4. The lowest BCUT2D eigenvalue weighted by atomic mass is 10.1. The molecule has 1 aromatic heterocycles. The monoisotopic (exact) mass is 467 g/mol. The van der Waals surface area contributed by atoms with Gasteiger partial charge in [0, 0.05) is 37.8 Å². The van der Waals surface area contributed by atoms with Gasteiger partial charge in [0.25, 0.3) is 5.91 Å². The summed E-state index contributed by atoms with van der Waals surface area (Å²) < 4.78 is 47.2. The summed E-state index contributed by atoms with van der Waals surface area (Å²) in [6.45, 7) is 5.82. The number of carbonyl (C=O) groups excluding carboxylic acids is 1. The van der Waals surface area contributed by atoms with E-state index in [0.29, 0.717) is 25.2 Å². The van der Waals surface area contributed by atoms with Gasteiger partial charge < -0.3 is 20.3 Å². The Morgan fingerprint density at radius 3 is 2.76 bits per heavy atom. The van der Waals surface area contributed by atoms with Crippen molar-refractivity contribution in [3.05, 3.63) is 47.3 Å². The Bertz CT molecular complexity index is 916. The Morgan fingerprint density at radius 2 is 2.03 bits per heavy atom. The summed E-state index contributed by atoms with van der Waals surface area (Å²) >= 11 is 0. The lowest BCUT2D eigenvalue weighted by Crippen LogP contribution is -2.32. The third-order valence-corrected chi connectivity index (χ3v) is 5.78. The van der Waals surface area contributed by atoms with E-state index in [-0.39, 0.29) is 18.3 Å². The third-order valence-electron chi connectivity index (χ3n) is 5.78. The highest BCUT2D eigenvalue weighted by molar-refractivity contribution is 5.92. The van der Waals surface area contributed by atoms with Crippen molar-refractivity contribution < 1.29 is 22.7 Å². The van der Waals surface area contributed by atoms with Crippen LogP contribution in [0.15, 0.2) is 30.3 Å². The van der Waals surface area contributed by atoms with Crippen molar-refractivity contribution >= 4 is 5.91 Å². The Balaban J connectivity index is 1.78. The number of nitrogens with zero attached hydrogens (tertiary/aromatic N) is 3. The number of rotatable bonds is 9. The average molecular weight is 468 g/mol. The fourth-order valence-electron chi connectivity index (χ4n) is 4.07. The number of carbonyl (C=O) groups is 1. The first-order valence-electron chi connectivity index (χ1n) is 11.4. The number of likely N-dealkylation sites (N-methyl/N-ethyl adjacent to an activating group) is 1. The standard InChI is InChI=1S/C23H32F3N5O2/c1-3-33-20-9-5-4-7-17(20)16-28-22(32)19-15-21(23(24,25)26)29-31(19)18-8-6-12-30(13-10-18)14-11-27-2/h4-5,7,9,15,18,27H,3,6,8,10-14,16H2,1-2H3,(H,28,32). The predicted octanol–water partition coefficient (Wildman–Crippen LogP) is 3.48. The van der Waals surface area contributed by atoms with Gasteiger partial charge in [-0.3, -0.25) is 9.48 Å². The van der Waals surface area contributed by atoms with Crippen LogP contribution >= 0.6 is 0 Å². The van der Waals surface area contributed by atoms with Gasteiger partial charge in [-0.25, -0.2) is 0 Å². The largest absolute Gasteiger partial charge is 0.494 e. The molecule has 0 spiro atoms. The van der Waals surface area contributed by atoms with Gasteiger partial charge in [0.05, 0.1) is 12.6 Å². The van der Waals surface area contributed by atoms with Gasteiger partial charge in [-0.1, -0.05) is 18.2 Å². The number of benzene rings is 1. The van der Waals surface area contributed by atoms with Gasteiger partial charge in [-0.15, -0.1) is 0 Å². The van der Waals surface area contributed by atoms with Crippen molar-refractivity contribution in [2.24, 2.45) is 0 Å². The van der Waals surface area contributed by atoms with Crippen LogP contribution in [0.1, 0.15) is 54.0 Å². The molecule has 7 nitrogen and oxygen atoms in total. The van der Waals surface area contributed by atoms with Crippen molar-refractivity contribution in [3.8, 4) is 5.75 Å². The normalized spacial score (nSPS) is 17.5. The second-order valence-corrected chi connectivity index (χ2v) is 8.11. The molecule has 33 heavy (non-hydrogen) atoms. The van der Waals surface area contributed by atoms with Crippen molar-refractivity contribution in [3.63, 3.8) is 0 Å². The van der Waals surface area contributed by atoms with E-state index < -0.39 is 17.8 Å². The molecule has 2 heterocycles. The molecule has 1 aromatic carbocycles. The van der Waals surface area contributed by atoms with E-state index in [2.05, 4.69) is 20.6 Å². The fourth-order valence-corrected chi connectivity index (χ4v) is 4.07. The molecular formula is C23H32F3N5O2. The van der Waals surface area contributed by atoms with E-state index in [1.807, 2.05) is 32.2 Å². The van der Waals surface area contributed by atoms with Crippen molar-refractivity contribution in [2.45, 2.75) is 44.9 Å². The van der Waals surface area contributed by atoms with Gasteiger partial charge in [0.2, 0.25) is 0 Å². The van der Waals surface area contributed by atoms with E-state index >= 15 is 0 Å². The van der Waals surface area contributed by atoms with E-state index in [9.17, 15) is 18.0 Å². The number of ether oxygens (including phenoxy) is 1. The van der Waals surface area contributed by atoms with Gasteiger partial charge in [-0.2, -0.15) is 18.3 Å². The summed E-state index contributed by atoms with van der Waals surface area (Å²) in [4.78, 5) is 15.3. The molecule has 2 aromatic rings. The second-order valence-electron chi connectivity index (χ2n) is 8.11. The number of likely N-dealkylation sites (tertiary alicyclic amines) is 1. The van der Waals surface area contributed by atoms with Crippen molar-refractivity contribution in [2.75, 3.05) is 39.8 Å². The molecule has 0 radical (unpaired) electrons. The van der Waals surface area contributed by atoms with Gasteiger partial charge in [0.1, 0.15) is 11.4 Å². The molecule has 182 valence electrons. The molecule has 1 aliphatic heterocycles. The Kier molecular flexibility index (Phi) is 8.74. The van der Waals surface area contributed by atoms with Crippen LogP contribution in [0.2, 0.25) is 0 Å². The molecule has 0 aliphatic carbocycles. The van der Waals surface area contributed by atoms with Crippen LogP contribution in [0, 0.1) is 0 Å². The van der Waals surface area contributed by atoms with Crippen molar-refractivity contribution in [1.29, 1.82) is 0 Å². The summed E-state index contributed by atoms with van der Waals surface area (Å²) in [6, 6.07) is 7.84. The van der Waals surface area contributed by atoms with E-state index in [1.54, 1.807) is 6.07 Å². The summed E-state index contributed by atoms with van der Waals surface area (Å²) in [6.07, 6.45) is -2.48. The van der Waals surface area contributed by atoms with Crippen LogP contribution in [0.4, 0.5) is 13.2 Å². The van der Waals surface area contributed by atoms with Crippen LogP contribution < -0.4 is 15.4 Å². The first kappa shape index (κ1) is 25.0. The molecule has 0 bridgehead atoms. The molecule has 1 atom stereocenters. The molecule has 1 amide bonds. The topological polar surface area (TPSA) is 71.4 Å². The quantitative estimate of drug-likeness (QED) is 0.591. The number of alkyl halides is 3. The van der Waals surface area contributed by atoms with E-state index in [1.165, 1.54) is 4.68 Å². The number of para-hydroxylation sites is 1. The summed E-state index contributed by atoms with van der Waals surface area (Å²) in [5.41, 5.74) is -0.354. The molecule has 10 heteroatoms. The highest BCUT2D eigenvalue weighted by Crippen LogP contribution is 2.32. The second kappa shape index (κ2) is 11.5. The minimum absolute atomic E-state index is 0.0649. The zero-order valence-corrected chi connectivity index (χ0v) is 19.1. The highest BCUT2D eigenvalue weighted by Gasteiger charge is 2.37. The maximum Gasteiger partial charge on any atom is 0.435 e. The van der Waals surface area contributed by atoms with Gasteiger partial charge in [0.15, 0.2) is 5.69 Å². The molecule has 0 saturated carbocycles. The zero-order valence-electron chi connectivity index (χ0n) is 19.1. The Morgan fingerprint density at radius 1 is 1.24 bits per heavy atom. The van der Waals surface area contributed by atoms with Crippen LogP contribution in [0.5, 0.6) is 5.75 Å². The summed E-state index contributed by atoms with van der Waals surface area (Å²) in [5.74, 6) is 0.0517. The number of aromatic nitrogens is 2. The summed E-state index contributed by atoms with van der Waals surface area (Å²) in [5, 5.41) is 9.69. The van der Waals surface area contributed by atoms with Crippen molar-refractivity contribution in [1.82, 2.24) is 25.3 Å². The maximum atomic E-state index is 13.4. The minimum Gasteiger partial charge on any atom is -0.494 e. The fraction of sp³-hybridized carbons (Fsp3) is 0.565. The van der Waals surface area contributed by atoms with Gasteiger partial charge in [-0.05, 0) is 45.8 Å². The average Bonchev–Trinajstić information content (AvgIpc) is 3.12. The molecule has 3 rings (SSSR count). The molecule has 2 N–H and O–H groups in total. The minimum atomic E-state index is -4.62. The van der Waals surface area contributed by atoms with Crippen LogP contribution in [0.3, 0.4) is 0 Å². The summed E-state index contributed by atoms with van der Waals surface area (Å²) in [7, 11) is 1.89. The lowest BCUT2D eigenvalue weighted by molar-refractivity contribution is -0.141. The zero-order chi connectivity index (χ0) is 23.8. The van der Waals surface area contributed by atoms with Crippen LogP contribution in [-0.2, 0) is 12.7 Å². The molecule has 1 saturated heterocycles. The Hall–Kier alpha value is -2.59. The Labute approximate surface area is 192 Å². The van der Waals surface area contributed by atoms with Crippen LogP contribution in [0.25, 0.3) is 0 Å². The molecule has 1 unspecified atom stereocenters.